The summed E-state index contributed by atoms with van der Waals surface area (Å²) in [5.41, 5.74) is 5.53. The van der Waals surface area contributed by atoms with Gasteiger partial charge in [0.25, 0.3) is 0 Å². The molecule has 0 heterocycles. The SMILES string of the molecule is [2H]C([2H])([2H])[C@H](N)[C@H](O)CCCCCCCCCCCCCCC. The minimum absolute atomic E-state index is 0.497. The Kier molecular flexibility index (Phi) is 11.4. The number of hydrogen-bond donors (Lipinski definition) is 2. The highest BCUT2D eigenvalue weighted by Gasteiger charge is 2.07. The highest BCUT2D eigenvalue weighted by molar-refractivity contribution is 4.65. The molecule has 122 valence electrons. The molecule has 0 fully saturated rings. The molecule has 0 bridgehead atoms. The predicted molar refractivity (Wildman–Crippen MR) is 90.0 cm³/mol. The smallest absolute Gasteiger partial charge is 0.0688 e. The monoisotopic (exact) mass is 288 g/mol. The van der Waals surface area contributed by atoms with Crippen molar-refractivity contribution in [1.82, 2.24) is 0 Å². The van der Waals surface area contributed by atoms with Gasteiger partial charge in [0.05, 0.1) is 6.10 Å². The van der Waals surface area contributed by atoms with Crippen LogP contribution in [0.5, 0.6) is 0 Å². The lowest BCUT2D eigenvalue weighted by Crippen LogP contribution is -2.31. The van der Waals surface area contributed by atoms with Crippen molar-refractivity contribution < 1.29 is 9.22 Å². The Hall–Kier alpha value is -0.0800. The Labute approximate surface area is 131 Å². The lowest BCUT2D eigenvalue weighted by Gasteiger charge is -2.13. The summed E-state index contributed by atoms with van der Waals surface area (Å²) in [5, 5.41) is 9.75. The van der Waals surface area contributed by atoms with Crippen LogP contribution in [-0.4, -0.2) is 17.3 Å². The van der Waals surface area contributed by atoms with Gasteiger partial charge >= 0.3 is 0 Å². The van der Waals surface area contributed by atoms with E-state index >= 15 is 0 Å². The maximum absolute atomic E-state index is 9.75. The minimum Gasteiger partial charge on any atom is -0.392 e. The molecular weight excluding hydrogens is 246 g/mol. The normalized spacial score (nSPS) is 17.2. The molecule has 0 rings (SSSR count). The average molecular weight is 289 g/mol. The van der Waals surface area contributed by atoms with Crippen LogP contribution in [0.2, 0.25) is 0 Å². The first-order valence-corrected chi connectivity index (χ1v) is 8.83. The molecule has 2 atom stereocenters. The second-order valence-corrected chi connectivity index (χ2v) is 6.12. The average Bonchev–Trinajstić information content (AvgIpc) is 2.50. The third-order valence-electron chi connectivity index (χ3n) is 4.02. The Morgan fingerprint density at radius 2 is 1.20 bits per heavy atom. The first kappa shape index (κ1) is 14.8. The van der Waals surface area contributed by atoms with E-state index in [-0.39, 0.29) is 0 Å². The van der Waals surface area contributed by atoms with Crippen LogP contribution >= 0.6 is 0 Å². The standard InChI is InChI=1S/C18H39NO/c1-3-4-5-6-7-8-9-10-11-12-13-14-15-16-18(20)17(2)19/h17-18,20H,3-16,19H2,1-2H3/t17-,18+/m0/s1/i2D3. The minimum atomic E-state index is -2.25. The van der Waals surface area contributed by atoms with E-state index in [1.165, 1.54) is 70.6 Å². The largest absolute Gasteiger partial charge is 0.392 e. The van der Waals surface area contributed by atoms with Crippen LogP contribution in [0, 0.1) is 0 Å². The first-order valence-electron chi connectivity index (χ1n) is 10.3. The number of rotatable bonds is 15. The molecule has 0 radical (unpaired) electrons. The Balaban J connectivity index is 3.28. The fourth-order valence-electron chi connectivity index (χ4n) is 2.55. The van der Waals surface area contributed by atoms with Crippen molar-refractivity contribution in [1.29, 1.82) is 0 Å². The lowest BCUT2D eigenvalue weighted by molar-refractivity contribution is 0.138. The zero-order valence-corrected chi connectivity index (χ0v) is 13.6. The van der Waals surface area contributed by atoms with Gasteiger partial charge in [-0.2, -0.15) is 0 Å². The highest BCUT2D eigenvalue weighted by atomic mass is 16.3. The second kappa shape index (κ2) is 15.3. The molecule has 3 N–H and O–H groups in total. The van der Waals surface area contributed by atoms with E-state index < -0.39 is 19.0 Å². The third kappa shape index (κ3) is 14.3. The zero-order valence-electron chi connectivity index (χ0n) is 16.6. The first-order chi connectivity index (χ1) is 10.9. The molecule has 0 unspecified atom stereocenters. The molecule has 20 heavy (non-hydrogen) atoms. The van der Waals surface area contributed by atoms with Crippen molar-refractivity contribution in [3.63, 3.8) is 0 Å². The van der Waals surface area contributed by atoms with Gasteiger partial charge in [-0.15, -0.1) is 0 Å². The van der Waals surface area contributed by atoms with Gasteiger partial charge in [-0.05, 0) is 13.3 Å². The number of nitrogens with two attached hydrogens (primary N) is 1. The van der Waals surface area contributed by atoms with E-state index in [9.17, 15) is 5.11 Å². The molecule has 0 saturated carbocycles. The van der Waals surface area contributed by atoms with Crippen molar-refractivity contribution in [2.75, 3.05) is 0 Å². The molecule has 0 aliphatic heterocycles. The van der Waals surface area contributed by atoms with Crippen molar-refractivity contribution in [3.05, 3.63) is 0 Å². The van der Waals surface area contributed by atoms with E-state index in [4.69, 9.17) is 9.85 Å². The van der Waals surface area contributed by atoms with E-state index in [1.807, 2.05) is 0 Å². The molecule has 0 spiro atoms. The van der Waals surface area contributed by atoms with Crippen molar-refractivity contribution >= 4 is 0 Å². The highest BCUT2D eigenvalue weighted by Crippen LogP contribution is 2.13. The molecule has 2 nitrogen and oxygen atoms in total. The van der Waals surface area contributed by atoms with E-state index in [0.717, 1.165) is 12.8 Å². The molecule has 0 aliphatic rings. The third-order valence-corrected chi connectivity index (χ3v) is 4.02. The van der Waals surface area contributed by atoms with Gasteiger partial charge in [0.15, 0.2) is 0 Å². The fourth-order valence-corrected chi connectivity index (χ4v) is 2.55. The summed E-state index contributed by atoms with van der Waals surface area (Å²) in [6.45, 7) is -0.00151. The van der Waals surface area contributed by atoms with Crippen LogP contribution in [0.15, 0.2) is 0 Å². The molecule has 0 aromatic rings. The van der Waals surface area contributed by atoms with Gasteiger partial charge in [0.1, 0.15) is 0 Å². The Morgan fingerprint density at radius 3 is 1.60 bits per heavy atom. The van der Waals surface area contributed by atoms with Gasteiger partial charge in [0, 0.05) is 10.2 Å². The molecule has 0 aromatic carbocycles. The molecular formula is C18H39NO. The van der Waals surface area contributed by atoms with Crippen LogP contribution in [0.25, 0.3) is 0 Å². The number of aliphatic hydroxyl groups is 1. The van der Waals surface area contributed by atoms with Gasteiger partial charge in [-0.3, -0.25) is 0 Å². The van der Waals surface area contributed by atoms with Crippen LogP contribution in [-0.2, 0) is 0 Å². The van der Waals surface area contributed by atoms with E-state index in [1.54, 1.807) is 0 Å². The van der Waals surface area contributed by atoms with Gasteiger partial charge in [-0.25, -0.2) is 0 Å². The van der Waals surface area contributed by atoms with Gasteiger partial charge in [0.2, 0.25) is 0 Å². The summed E-state index contributed by atoms with van der Waals surface area (Å²) < 4.78 is 21.6. The summed E-state index contributed by atoms with van der Waals surface area (Å²) >= 11 is 0. The van der Waals surface area contributed by atoms with Crippen LogP contribution in [0.4, 0.5) is 0 Å². The molecule has 2 heteroatoms. The zero-order chi connectivity index (χ0) is 17.6. The lowest BCUT2D eigenvalue weighted by atomic mass is 10.0. The summed E-state index contributed by atoms with van der Waals surface area (Å²) in [7, 11) is 0. The number of aliphatic hydroxyl groups excluding tert-OH is 1. The second-order valence-electron chi connectivity index (χ2n) is 6.12. The predicted octanol–water partition coefficient (Wildman–Crippen LogP) is 5.18. The summed E-state index contributed by atoms with van der Waals surface area (Å²) in [6, 6.07) is -1.11. The quantitative estimate of drug-likeness (QED) is 0.408. The Morgan fingerprint density at radius 1 is 0.800 bits per heavy atom. The van der Waals surface area contributed by atoms with Crippen molar-refractivity contribution in [2.45, 2.75) is 116 Å². The van der Waals surface area contributed by atoms with Crippen LogP contribution < -0.4 is 5.73 Å². The van der Waals surface area contributed by atoms with Crippen molar-refractivity contribution in [2.24, 2.45) is 5.73 Å². The maximum atomic E-state index is 9.75. The van der Waals surface area contributed by atoms with E-state index in [2.05, 4.69) is 6.92 Å². The maximum Gasteiger partial charge on any atom is 0.0688 e. The topological polar surface area (TPSA) is 46.2 Å². The molecule has 0 aliphatic carbocycles. The fraction of sp³-hybridized carbons (Fsp3) is 1.00. The van der Waals surface area contributed by atoms with Gasteiger partial charge < -0.3 is 10.8 Å². The van der Waals surface area contributed by atoms with Crippen LogP contribution in [0.1, 0.15) is 108 Å². The Bertz CT molecular complexity index is 259. The molecule has 0 amide bonds. The summed E-state index contributed by atoms with van der Waals surface area (Å²) in [4.78, 5) is 0. The number of hydrogen-bond acceptors (Lipinski definition) is 2. The van der Waals surface area contributed by atoms with E-state index in [0.29, 0.717) is 6.42 Å². The molecule has 0 aromatic heterocycles. The number of unbranched alkanes of at least 4 members (excludes halogenated alkanes) is 12. The van der Waals surface area contributed by atoms with Gasteiger partial charge in [-0.1, -0.05) is 90.4 Å². The van der Waals surface area contributed by atoms with Crippen LogP contribution in [0.3, 0.4) is 0 Å². The summed E-state index contributed by atoms with van der Waals surface area (Å²) in [5.74, 6) is 0. The summed E-state index contributed by atoms with van der Waals surface area (Å²) in [6.07, 6.45) is 16.2. The van der Waals surface area contributed by atoms with Crippen molar-refractivity contribution in [3.8, 4) is 0 Å². The molecule has 0 saturated heterocycles.